The normalized spacial score (nSPS) is 15.1. The number of carbonyl (C=O) groups excluding carboxylic acids is 1. The third kappa shape index (κ3) is 3.48. The van der Waals surface area contributed by atoms with Gasteiger partial charge in [0.2, 0.25) is 0 Å². The third-order valence-corrected chi connectivity index (χ3v) is 4.63. The molecule has 3 aromatic rings. The second-order valence-electron chi connectivity index (χ2n) is 6.33. The molecule has 2 heterocycles. The van der Waals surface area contributed by atoms with Crippen molar-refractivity contribution in [2.45, 2.75) is 19.4 Å². The number of nitrogens with one attached hydrogen (secondary N) is 1. The Balaban J connectivity index is 1.52. The monoisotopic (exact) mass is 384 g/mol. The molecule has 138 valence electrons. The van der Waals surface area contributed by atoms with Gasteiger partial charge in [0, 0.05) is 23.7 Å². The van der Waals surface area contributed by atoms with Crippen LogP contribution in [0.2, 0.25) is 5.02 Å². The van der Waals surface area contributed by atoms with Crippen molar-refractivity contribution in [1.29, 1.82) is 0 Å². The van der Waals surface area contributed by atoms with Crippen molar-refractivity contribution in [1.82, 2.24) is 5.16 Å². The van der Waals surface area contributed by atoms with Gasteiger partial charge in [-0.15, -0.1) is 0 Å². The van der Waals surface area contributed by atoms with Gasteiger partial charge in [0.05, 0.1) is 12.1 Å². The highest BCUT2D eigenvalue weighted by atomic mass is 35.5. The Kier molecular flexibility index (Phi) is 4.49. The topological polar surface area (TPSA) is 73.6 Å². The van der Waals surface area contributed by atoms with Crippen molar-refractivity contribution in [2.75, 3.05) is 12.4 Å². The van der Waals surface area contributed by atoms with Crippen LogP contribution in [0.25, 0.3) is 11.3 Å². The van der Waals surface area contributed by atoms with E-state index in [0.717, 1.165) is 23.3 Å². The number of anilines is 1. The van der Waals surface area contributed by atoms with Gasteiger partial charge < -0.3 is 19.3 Å². The molecular weight excluding hydrogens is 368 g/mol. The molecule has 0 aliphatic carbocycles. The van der Waals surface area contributed by atoms with Crippen molar-refractivity contribution in [2.24, 2.45) is 0 Å². The lowest BCUT2D eigenvalue weighted by Crippen LogP contribution is -2.12. The number of benzene rings is 2. The van der Waals surface area contributed by atoms with Crippen LogP contribution in [-0.2, 0) is 6.42 Å². The van der Waals surface area contributed by atoms with Crippen LogP contribution in [0.3, 0.4) is 0 Å². The summed E-state index contributed by atoms with van der Waals surface area (Å²) in [5.41, 5.74) is 2.70. The molecule has 27 heavy (non-hydrogen) atoms. The van der Waals surface area contributed by atoms with E-state index in [1.807, 2.05) is 25.1 Å². The number of rotatable bonds is 4. The molecule has 7 heteroatoms. The molecule has 2 aromatic carbocycles. The molecule has 1 aliphatic rings. The Hall–Kier alpha value is -2.99. The number of carbonyl (C=O) groups is 1. The molecule has 1 unspecified atom stereocenters. The summed E-state index contributed by atoms with van der Waals surface area (Å²) in [4.78, 5) is 12.4. The van der Waals surface area contributed by atoms with Crippen LogP contribution in [0.1, 0.15) is 23.0 Å². The van der Waals surface area contributed by atoms with Crippen molar-refractivity contribution < 1.29 is 18.8 Å². The van der Waals surface area contributed by atoms with E-state index >= 15 is 0 Å². The summed E-state index contributed by atoms with van der Waals surface area (Å²) in [7, 11) is 1.53. The number of hydrogen-bond acceptors (Lipinski definition) is 5. The Morgan fingerprint density at radius 1 is 1.26 bits per heavy atom. The van der Waals surface area contributed by atoms with Crippen LogP contribution in [0.4, 0.5) is 5.69 Å². The quantitative estimate of drug-likeness (QED) is 0.712. The fraction of sp³-hybridized carbons (Fsp3) is 0.200. The molecule has 1 aliphatic heterocycles. The average Bonchev–Trinajstić information content (AvgIpc) is 3.27. The molecule has 0 fully saturated rings. The lowest BCUT2D eigenvalue weighted by molar-refractivity contribution is 0.101. The number of ether oxygens (including phenoxy) is 2. The summed E-state index contributed by atoms with van der Waals surface area (Å²) in [6, 6.07) is 12.4. The molecule has 0 bridgehead atoms. The Labute approximate surface area is 161 Å². The molecule has 0 spiro atoms. The van der Waals surface area contributed by atoms with Crippen LogP contribution >= 0.6 is 11.6 Å². The molecule has 1 aromatic heterocycles. The molecule has 0 saturated heterocycles. The van der Waals surface area contributed by atoms with Crippen LogP contribution in [0.15, 0.2) is 47.0 Å². The minimum Gasteiger partial charge on any atom is -0.495 e. The third-order valence-electron chi connectivity index (χ3n) is 4.33. The van der Waals surface area contributed by atoms with Crippen LogP contribution in [0, 0.1) is 0 Å². The van der Waals surface area contributed by atoms with Gasteiger partial charge >= 0.3 is 0 Å². The van der Waals surface area contributed by atoms with E-state index in [1.165, 1.54) is 7.11 Å². The molecule has 6 nitrogen and oxygen atoms in total. The highest BCUT2D eigenvalue weighted by Gasteiger charge is 2.21. The van der Waals surface area contributed by atoms with E-state index in [-0.39, 0.29) is 17.7 Å². The number of nitrogens with zero attached hydrogens (tertiary/aromatic N) is 1. The first-order valence-corrected chi connectivity index (χ1v) is 8.83. The summed E-state index contributed by atoms with van der Waals surface area (Å²) in [6.45, 7) is 2.03. The number of methoxy groups -OCH3 is 1. The molecule has 4 rings (SSSR count). The molecule has 1 atom stereocenters. The van der Waals surface area contributed by atoms with E-state index in [1.54, 1.807) is 24.3 Å². The number of halogens is 1. The smallest absolute Gasteiger partial charge is 0.277 e. The lowest BCUT2D eigenvalue weighted by Gasteiger charge is -2.06. The molecule has 0 radical (unpaired) electrons. The van der Waals surface area contributed by atoms with Gasteiger partial charge in [0.1, 0.15) is 17.6 Å². The number of amides is 1. The van der Waals surface area contributed by atoms with Crippen LogP contribution in [-0.4, -0.2) is 24.3 Å². The second kappa shape index (κ2) is 6.96. The van der Waals surface area contributed by atoms with Crippen molar-refractivity contribution in [3.8, 4) is 22.8 Å². The lowest BCUT2D eigenvalue weighted by atomic mass is 10.1. The minimum absolute atomic E-state index is 0.169. The minimum atomic E-state index is -0.385. The molecule has 0 saturated carbocycles. The standard InChI is InChI=1S/C20H17ClN2O4/c1-11-7-13-8-12(3-5-17(13)26-11)19-10-16(23-27-19)20(24)22-14-4-6-18(25-2)15(21)9-14/h3-6,8-11H,7H2,1-2H3,(H,22,24). The Morgan fingerprint density at radius 2 is 2.11 bits per heavy atom. The number of fused-ring (bicyclic) bond motifs is 1. The summed E-state index contributed by atoms with van der Waals surface area (Å²) in [5, 5.41) is 7.03. The first-order valence-electron chi connectivity index (χ1n) is 8.45. The van der Waals surface area contributed by atoms with Crippen molar-refractivity contribution in [3.63, 3.8) is 0 Å². The first kappa shape index (κ1) is 17.4. The highest BCUT2D eigenvalue weighted by molar-refractivity contribution is 6.32. The second-order valence-corrected chi connectivity index (χ2v) is 6.74. The predicted molar refractivity (Wildman–Crippen MR) is 102 cm³/mol. The Morgan fingerprint density at radius 3 is 2.89 bits per heavy atom. The summed E-state index contributed by atoms with van der Waals surface area (Å²) in [6.07, 6.45) is 1.02. The fourth-order valence-corrected chi connectivity index (χ4v) is 3.29. The van der Waals surface area contributed by atoms with Crippen molar-refractivity contribution in [3.05, 3.63) is 58.7 Å². The van der Waals surface area contributed by atoms with E-state index in [2.05, 4.69) is 10.5 Å². The van der Waals surface area contributed by atoms with Gasteiger partial charge in [-0.2, -0.15) is 0 Å². The van der Waals surface area contributed by atoms with Gasteiger partial charge in [0.25, 0.3) is 5.91 Å². The van der Waals surface area contributed by atoms with E-state index in [0.29, 0.717) is 22.2 Å². The number of hydrogen-bond donors (Lipinski definition) is 1. The number of aromatic nitrogens is 1. The molecule has 1 N–H and O–H groups in total. The zero-order valence-electron chi connectivity index (χ0n) is 14.8. The summed E-state index contributed by atoms with van der Waals surface area (Å²) >= 11 is 6.08. The highest BCUT2D eigenvalue weighted by Crippen LogP contribution is 2.33. The van der Waals surface area contributed by atoms with Crippen LogP contribution < -0.4 is 14.8 Å². The zero-order chi connectivity index (χ0) is 19.0. The maximum Gasteiger partial charge on any atom is 0.277 e. The largest absolute Gasteiger partial charge is 0.495 e. The van der Waals surface area contributed by atoms with Gasteiger partial charge in [-0.1, -0.05) is 16.8 Å². The van der Waals surface area contributed by atoms with E-state index in [4.69, 9.17) is 25.6 Å². The summed E-state index contributed by atoms with van der Waals surface area (Å²) < 4.78 is 16.2. The van der Waals surface area contributed by atoms with Gasteiger partial charge in [-0.05, 0) is 48.9 Å². The van der Waals surface area contributed by atoms with Gasteiger partial charge in [0.15, 0.2) is 11.5 Å². The first-order chi connectivity index (χ1) is 13.0. The maximum absolute atomic E-state index is 12.4. The molecule has 1 amide bonds. The predicted octanol–water partition coefficient (Wildman–Crippen LogP) is 4.58. The fourth-order valence-electron chi connectivity index (χ4n) is 3.03. The van der Waals surface area contributed by atoms with Gasteiger partial charge in [-0.25, -0.2) is 0 Å². The van der Waals surface area contributed by atoms with E-state index < -0.39 is 0 Å². The average molecular weight is 385 g/mol. The SMILES string of the molecule is COc1ccc(NC(=O)c2cc(-c3ccc4c(c3)CC(C)O4)on2)cc1Cl. The van der Waals surface area contributed by atoms with E-state index in [9.17, 15) is 4.79 Å². The summed E-state index contributed by atoms with van der Waals surface area (Å²) in [5.74, 6) is 1.56. The zero-order valence-corrected chi connectivity index (χ0v) is 15.5. The Bertz CT molecular complexity index is 1010. The van der Waals surface area contributed by atoms with Gasteiger partial charge in [-0.3, -0.25) is 4.79 Å². The maximum atomic E-state index is 12.4. The van der Waals surface area contributed by atoms with Crippen molar-refractivity contribution >= 4 is 23.2 Å². The van der Waals surface area contributed by atoms with Crippen LogP contribution in [0.5, 0.6) is 11.5 Å². The molecular formula is C20H17ClN2O4.